The first-order chi connectivity index (χ1) is 15.6. The lowest BCUT2D eigenvalue weighted by Gasteiger charge is -2.24. The summed E-state index contributed by atoms with van der Waals surface area (Å²) in [5, 5.41) is 5.67. The molecular weight excluding hydrogens is 461 g/mol. The molecule has 0 aliphatic carbocycles. The maximum absolute atomic E-state index is 14.4. The number of nitrogens with one attached hydrogen (secondary N) is 2. The van der Waals surface area contributed by atoms with Crippen LogP contribution in [0.2, 0.25) is 5.02 Å². The highest BCUT2D eigenvalue weighted by molar-refractivity contribution is 6.30. The Morgan fingerprint density at radius 1 is 1.12 bits per heavy atom. The number of hydrogen-bond donors (Lipinski definition) is 2. The number of halogens is 2. The second-order valence-corrected chi connectivity index (χ2v) is 10.4. The first-order valence-electron chi connectivity index (χ1n) is 10.9. The number of hydrogen-bond acceptors (Lipinski definition) is 5. The summed E-state index contributed by atoms with van der Waals surface area (Å²) in [6, 6.07) is 6.03. The van der Waals surface area contributed by atoms with Crippen LogP contribution in [0.5, 0.6) is 0 Å². The van der Waals surface area contributed by atoms with E-state index in [2.05, 4.69) is 15.6 Å². The quantitative estimate of drug-likeness (QED) is 0.587. The minimum absolute atomic E-state index is 0.152. The van der Waals surface area contributed by atoms with Crippen LogP contribution in [-0.2, 0) is 22.4 Å². The van der Waals surface area contributed by atoms with Crippen molar-refractivity contribution in [2.45, 2.75) is 71.6 Å². The number of ether oxygens (including phenoxy) is 1. The van der Waals surface area contributed by atoms with E-state index in [4.69, 9.17) is 16.3 Å². The van der Waals surface area contributed by atoms with E-state index in [0.717, 1.165) is 0 Å². The second kappa shape index (κ2) is 11.0. The van der Waals surface area contributed by atoms with Gasteiger partial charge in [-0.3, -0.25) is 14.6 Å². The van der Waals surface area contributed by atoms with Crippen LogP contribution in [0.3, 0.4) is 0 Å². The first kappa shape index (κ1) is 27.2. The van der Waals surface area contributed by atoms with Crippen LogP contribution in [0.15, 0.2) is 36.5 Å². The molecule has 34 heavy (non-hydrogen) atoms. The third-order valence-corrected chi connectivity index (χ3v) is 4.71. The zero-order valence-corrected chi connectivity index (χ0v) is 21.0. The highest BCUT2D eigenvalue weighted by Crippen LogP contribution is 2.18. The summed E-state index contributed by atoms with van der Waals surface area (Å²) in [4.78, 5) is 42.6. The van der Waals surface area contributed by atoms with Crippen molar-refractivity contribution < 1.29 is 23.5 Å². The smallest absolute Gasteiger partial charge is 0.408 e. The summed E-state index contributed by atoms with van der Waals surface area (Å²) >= 11 is 5.99. The summed E-state index contributed by atoms with van der Waals surface area (Å²) < 4.78 is 19.7. The highest BCUT2D eigenvalue weighted by atomic mass is 35.5. The van der Waals surface area contributed by atoms with Gasteiger partial charge in [0.25, 0.3) is 5.91 Å². The van der Waals surface area contributed by atoms with E-state index in [1.807, 2.05) is 20.8 Å². The summed E-state index contributed by atoms with van der Waals surface area (Å²) in [6.45, 7) is 10.6. The maximum atomic E-state index is 14.4. The Labute approximate surface area is 204 Å². The monoisotopic (exact) mass is 491 g/mol. The minimum atomic E-state index is -1.14. The van der Waals surface area contributed by atoms with Crippen molar-refractivity contribution in [3.05, 3.63) is 64.2 Å². The number of nitrogens with zero attached hydrogens (tertiary/aromatic N) is 1. The molecule has 0 bridgehead atoms. The molecule has 1 aromatic carbocycles. The largest absolute Gasteiger partial charge is 0.444 e. The predicted octanol–water partition coefficient (Wildman–Crippen LogP) is 4.65. The maximum Gasteiger partial charge on any atom is 0.408 e. The molecule has 2 N–H and O–H groups in total. The van der Waals surface area contributed by atoms with Crippen LogP contribution in [0.25, 0.3) is 0 Å². The Balaban J connectivity index is 2.32. The lowest BCUT2D eigenvalue weighted by Crippen LogP contribution is -2.46. The van der Waals surface area contributed by atoms with Crippen molar-refractivity contribution in [1.82, 2.24) is 15.6 Å². The molecule has 0 saturated heterocycles. The summed E-state index contributed by atoms with van der Waals surface area (Å²) in [5.74, 6) is -1.40. The topological polar surface area (TPSA) is 97.4 Å². The van der Waals surface area contributed by atoms with Crippen LogP contribution in [-0.4, -0.2) is 39.9 Å². The third-order valence-electron chi connectivity index (χ3n) is 4.48. The molecule has 1 aromatic heterocycles. The Morgan fingerprint density at radius 2 is 1.79 bits per heavy atom. The SMILES string of the molecule is CC(C)(C)NC(=O)c1cccnc1CC(=O)C(Cc1cc(Cl)ccc1F)NC(=O)OC(C)(C)C. The number of carbonyl (C=O) groups excluding carboxylic acids is 3. The number of pyridine rings is 1. The van der Waals surface area contributed by atoms with Gasteiger partial charge in [0.05, 0.1) is 23.7 Å². The van der Waals surface area contributed by atoms with Crippen molar-refractivity contribution in [2.75, 3.05) is 0 Å². The molecule has 184 valence electrons. The van der Waals surface area contributed by atoms with Gasteiger partial charge >= 0.3 is 6.09 Å². The minimum Gasteiger partial charge on any atom is -0.444 e. The molecule has 0 saturated carbocycles. The van der Waals surface area contributed by atoms with Crippen LogP contribution in [0, 0.1) is 5.82 Å². The molecule has 0 fully saturated rings. The highest BCUT2D eigenvalue weighted by Gasteiger charge is 2.28. The van der Waals surface area contributed by atoms with Crippen LogP contribution < -0.4 is 10.6 Å². The number of alkyl carbamates (subject to hydrolysis) is 1. The van der Waals surface area contributed by atoms with E-state index in [0.29, 0.717) is 5.02 Å². The standard InChI is InChI=1S/C25H31ClFN3O4/c1-24(2,3)30-22(32)17-8-7-11-28-19(17)14-21(31)20(29-23(33)34-25(4,5)6)13-15-12-16(26)9-10-18(15)27/h7-12,20H,13-14H2,1-6H3,(H,29,33)(H,30,32). The van der Waals surface area contributed by atoms with E-state index < -0.39 is 34.9 Å². The molecule has 9 heteroatoms. The molecule has 2 aromatic rings. The van der Waals surface area contributed by atoms with Crippen molar-refractivity contribution in [3.8, 4) is 0 Å². The van der Waals surface area contributed by atoms with Gasteiger partial charge in [-0.2, -0.15) is 0 Å². The Kier molecular flexibility index (Phi) is 8.78. The normalized spacial score (nSPS) is 12.6. The molecule has 2 amide bonds. The van der Waals surface area contributed by atoms with E-state index >= 15 is 0 Å². The molecule has 0 radical (unpaired) electrons. The van der Waals surface area contributed by atoms with Crippen LogP contribution in [0.1, 0.15) is 63.2 Å². The predicted molar refractivity (Wildman–Crippen MR) is 128 cm³/mol. The van der Waals surface area contributed by atoms with E-state index in [1.54, 1.807) is 32.9 Å². The van der Waals surface area contributed by atoms with Gasteiger partial charge in [-0.25, -0.2) is 9.18 Å². The lowest BCUT2D eigenvalue weighted by molar-refractivity contribution is -0.120. The average Bonchev–Trinajstić information content (AvgIpc) is 2.67. The number of amides is 2. The van der Waals surface area contributed by atoms with Gasteiger partial charge in [-0.1, -0.05) is 11.6 Å². The molecule has 1 unspecified atom stereocenters. The average molecular weight is 492 g/mol. The van der Waals surface area contributed by atoms with E-state index in [-0.39, 0.29) is 35.6 Å². The Bertz CT molecular complexity index is 1060. The first-order valence-corrected chi connectivity index (χ1v) is 11.2. The van der Waals surface area contributed by atoms with Crippen molar-refractivity contribution in [2.24, 2.45) is 0 Å². The van der Waals surface area contributed by atoms with Gasteiger partial charge in [0, 0.05) is 23.2 Å². The number of carbonyl (C=O) groups is 3. The van der Waals surface area contributed by atoms with Crippen LogP contribution in [0.4, 0.5) is 9.18 Å². The van der Waals surface area contributed by atoms with Gasteiger partial charge in [0.15, 0.2) is 5.78 Å². The zero-order valence-electron chi connectivity index (χ0n) is 20.3. The van der Waals surface area contributed by atoms with Crippen molar-refractivity contribution in [1.29, 1.82) is 0 Å². The van der Waals surface area contributed by atoms with E-state index in [1.165, 1.54) is 24.4 Å². The fraction of sp³-hybridized carbons (Fsp3) is 0.440. The molecule has 1 atom stereocenters. The molecule has 7 nitrogen and oxygen atoms in total. The van der Waals surface area contributed by atoms with Gasteiger partial charge in [-0.05, 0) is 77.4 Å². The second-order valence-electron chi connectivity index (χ2n) is 9.98. The summed E-state index contributed by atoms with van der Waals surface area (Å²) in [5.41, 5.74) is -0.627. The zero-order chi connectivity index (χ0) is 25.7. The number of ketones is 1. The van der Waals surface area contributed by atoms with Crippen molar-refractivity contribution >= 4 is 29.4 Å². The summed E-state index contributed by atoms with van der Waals surface area (Å²) in [6.07, 6.45) is 0.251. The number of Topliss-reactive ketones (excluding diaryl/α,β-unsaturated/α-hetero) is 1. The summed E-state index contributed by atoms with van der Waals surface area (Å²) in [7, 11) is 0. The van der Waals surface area contributed by atoms with E-state index in [9.17, 15) is 18.8 Å². The fourth-order valence-electron chi connectivity index (χ4n) is 3.10. The Hall–Kier alpha value is -3.00. The number of aromatic nitrogens is 1. The van der Waals surface area contributed by atoms with Crippen molar-refractivity contribution in [3.63, 3.8) is 0 Å². The van der Waals surface area contributed by atoms with Gasteiger partial charge in [0.2, 0.25) is 0 Å². The number of rotatable bonds is 7. The molecule has 0 aliphatic rings. The third kappa shape index (κ3) is 8.74. The fourth-order valence-corrected chi connectivity index (χ4v) is 3.29. The van der Waals surface area contributed by atoms with Gasteiger partial charge in [0.1, 0.15) is 11.4 Å². The van der Waals surface area contributed by atoms with Gasteiger partial charge < -0.3 is 15.4 Å². The van der Waals surface area contributed by atoms with Gasteiger partial charge in [-0.15, -0.1) is 0 Å². The lowest BCUT2D eigenvalue weighted by atomic mass is 9.97. The molecule has 1 heterocycles. The molecular formula is C25H31ClFN3O4. The molecule has 0 aliphatic heterocycles. The van der Waals surface area contributed by atoms with Crippen LogP contribution >= 0.6 is 11.6 Å². The molecule has 0 spiro atoms. The molecule has 2 rings (SSSR count). The Morgan fingerprint density at radius 3 is 2.41 bits per heavy atom. The number of benzene rings is 1.